The number of benzene rings is 2. The zero-order chi connectivity index (χ0) is 25.3. The van der Waals surface area contributed by atoms with Gasteiger partial charge in [-0.3, -0.25) is 20.1 Å². The van der Waals surface area contributed by atoms with Crippen molar-refractivity contribution in [3.63, 3.8) is 0 Å². The first-order valence-corrected chi connectivity index (χ1v) is 11.3. The first-order valence-electron chi connectivity index (χ1n) is 10.5. The van der Waals surface area contributed by atoms with E-state index >= 15 is 8.78 Å². The summed E-state index contributed by atoms with van der Waals surface area (Å²) in [5.41, 5.74) is 2.16. The van der Waals surface area contributed by atoms with Crippen LogP contribution in [0.4, 0.5) is 8.78 Å². The minimum atomic E-state index is -3.70. The summed E-state index contributed by atoms with van der Waals surface area (Å²) < 4.78 is 37.3. The molecule has 0 aliphatic rings. The van der Waals surface area contributed by atoms with Crippen molar-refractivity contribution >= 4 is 40.1 Å². The molecule has 0 atom stereocenters. The predicted octanol–water partition coefficient (Wildman–Crippen LogP) is 5.55. The van der Waals surface area contributed by atoms with Crippen LogP contribution < -0.4 is 10.6 Å². The Balaban J connectivity index is 1.63. The molecule has 0 aliphatic carbocycles. The van der Waals surface area contributed by atoms with Gasteiger partial charge in [0.05, 0.1) is 31.4 Å². The molecule has 0 saturated carbocycles. The maximum Gasteiger partial charge on any atom is 0.332 e. The van der Waals surface area contributed by atoms with Gasteiger partial charge in [0.1, 0.15) is 11.3 Å². The summed E-state index contributed by atoms with van der Waals surface area (Å²) in [6.45, 7) is 1.81. The van der Waals surface area contributed by atoms with Crippen LogP contribution in [0, 0.1) is 12.3 Å². The third-order valence-electron chi connectivity index (χ3n) is 5.59. The molecule has 0 saturated heterocycles. The van der Waals surface area contributed by atoms with Crippen molar-refractivity contribution in [2.75, 3.05) is 7.11 Å². The van der Waals surface area contributed by atoms with Gasteiger partial charge in [0.25, 0.3) is 0 Å². The number of halogens is 4. The third kappa shape index (κ3) is 4.93. The Kier molecular flexibility index (Phi) is 6.93. The largest absolute Gasteiger partial charge is 0.497 e. The van der Waals surface area contributed by atoms with Gasteiger partial charge in [0, 0.05) is 27.4 Å². The Morgan fingerprint density at radius 1 is 1.17 bits per heavy atom. The summed E-state index contributed by atoms with van der Waals surface area (Å²) in [5, 5.41) is 14.1. The normalized spacial score (nSPS) is 11.6. The van der Waals surface area contributed by atoms with Crippen molar-refractivity contribution in [2.45, 2.75) is 25.9 Å². The molecule has 4 rings (SSSR count). The van der Waals surface area contributed by atoms with E-state index in [0.29, 0.717) is 48.7 Å². The van der Waals surface area contributed by atoms with E-state index in [2.05, 4.69) is 10.1 Å². The second-order valence-electron chi connectivity index (χ2n) is 7.93. The maximum atomic E-state index is 15.4. The van der Waals surface area contributed by atoms with Crippen LogP contribution >= 0.6 is 23.2 Å². The maximum absolute atomic E-state index is 15.4. The Hall–Kier alpha value is -3.27. The quantitative estimate of drug-likeness (QED) is 0.145. The predicted molar refractivity (Wildman–Crippen MR) is 132 cm³/mol. The van der Waals surface area contributed by atoms with Crippen molar-refractivity contribution in [3.8, 4) is 5.75 Å². The third-order valence-corrected chi connectivity index (χ3v) is 6.30. The minimum absolute atomic E-state index is 0.0872. The van der Waals surface area contributed by atoms with E-state index in [1.165, 1.54) is 17.9 Å². The molecule has 182 valence electrons. The SMILES string of the molecule is COc1ccc(CN(N)C(=N)C(F)(F)c2cnc3c(C)nn(Cc4c(Cl)cccc4Cl)c3c2)cc1. The molecule has 0 aliphatic heterocycles. The molecular formula is C24H22Cl2F2N6O. The summed E-state index contributed by atoms with van der Waals surface area (Å²) >= 11 is 12.6. The molecule has 2 aromatic carbocycles. The van der Waals surface area contributed by atoms with E-state index in [1.54, 1.807) is 49.4 Å². The molecule has 4 aromatic rings. The van der Waals surface area contributed by atoms with E-state index < -0.39 is 17.3 Å². The topological polar surface area (TPSA) is 93.1 Å². The highest BCUT2D eigenvalue weighted by Crippen LogP contribution is 2.33. The zero-order valence-electron chi connectivity index (χ0n) is 18.9. The fraction of sp³-hybridized carbons (Fsp3) is 0.208. The lowest BCUT2D eigenvalue weighted by Crippen LogP contribution is -2.45. The molecule has 2 heterocycles. The molecule has 11 heteroatoms. The number of rotatable bonds is 7. The average molecular weight is 519 g/mol. The molecule has 0 fully saturated rings. The number of nitrogens with one attached hydrogen (secondary N) is 1. The number of methoxy groups -OCH3 is 1. The number of nitrogens with two attached hydrogens (primary N) is 1. The van der Waals surface area contributed by atoms with Gasteiger partial charge in [0.2, 0.25) is 0 Å². The van der Waals surface area contributed by atoms with Crippen LogP contribution in [0.15, 0.2) is 54.7 Å². The highest BCUT2D eigenvalue weighted by Gasteiger charge is 2.41. The standard InChI is InChI=1S/C24H22Cl2F2N6O/c1-14-22-21(34(32-14)13-18-19(25)4-3-5-20(18)26)10-16(11-31-22)24(27,28)23(29)33(30)12-15-6-8-17(35-2)9-7-15/h3-11,29H,12-13,30H2,1-2H3. The molecule has 7 nitrogen and oxygen atoms in total. The van der Waals surface area contributed by atoms with Gasteiger partial charge < -0.3 is 4.74 Å². The van der Waals surface area contributed by atoms with Gasteiger partial charge in [-0.2, -0.15) is 13.9 Å². The van der Waals surface area contributed by atoms with Gasteiger partial charge in [0.15, 0.2) is 5.84 Å². The number of pyridine rings is 1. The highest BCUT2D eigenvalue weighted by molar-refractivity contribution is 6.36. The lowest BCUT2D eigenvalue weighted by molar-refractivity contribution is 0.0572. The Morgan fingerprint density at radius 3 is 2.46 bits per heavy atom. The number of amidine groups is 1. The van der Waals surface area contributed by atoms with Gasteiger partial charge in [-0.15, -0.1) is 0 Å². The number of aromatic nitrogens is 3. The number of ether oxygens (including phenoxy) is 1. The molecule has 0 unspecified atom stereocenters. The van der Waals surface area contributed by atoms with Crippen molar-refractivity contribution in [2.24, 2.45) is 5.84 Å². The van der Waals surface area contributed by atoms with Gasteiger partial charge in [-0.25, -0.2) is 5.84 Å². The molecular weight excluding hydrogens is 497 g/mol. The van der Waals surface area contributed by atoms with Crippen molar-refractivity contribution in [1.29, 1.82) is 5.41 Å². The van der Waals surface area contributed by atoms with Crippen molar-refractivity contribution in [1.82, 2.24) is 19.8 Å². The highest BCUT2D eigenvalue weighted by atomic mass is 35.5. The fourth-order valence-electron chi connectivity index (χ4n) is 3.66. The number of nitrogens with zero attached hydrogens (tertiary/aromatic N) is 4. The van der Waals surface area contributed by atoms with E-state index in [4.69, 9.17) is 39.2 Å². The Bertz CT molecular complexity index is 1370. The van der Waals surface area contributed by atoms with E-state index in [0.717, 1.165) is 6.20 Å². The number of aryl methyl sites for hydroxylation is 1. The first-order chi connectivity index (χ1) is 16.6. The zero-order valence-corrected chi connectivity index (χ0v) is 20.4. The van der Waals surface area contributed by atoms with Crippen LogP contribution in [-0.2, 0) is 19.0 Å². The second kappa shape index (κ2) is 9.77. The molecule has 35 heavy (non-hydrogen) atoms. The van der Waals surface area contributed by atoms with Crippen LogP contribution in [-0.4, -0.2) is 32.7 Å². The van der Waals surface area contributed by atoms with E-state index in [9.17, 15) is 0 Å². The summed E-state index contributed by atoms with van der Waals surface area (Å²) in [6.07, 6.45) is 1.04. The monoisotopic (exact) mass is 518 g/mol. The summed E-state index contributed by atoms with van der Waals surface area (Å²) in [6, 6.07) is 13.1. The summed E-state index contributed by atoms with van der Waals surface area (Å²) in [4.78, 5) is 4.20. The lowest BCUT2D eigenvalue weighted by Gasteiger charge is -2.26. The van der Waals surface area contributed by atoms with Crippen LogP contribution in [0.2, 0.25) is 10.0 Å². The molecule has 0 bridgehead atoms. The van der Waals surface area contributed by atoms with E-state index in [1.807, 2.05) is 0 Å². The number of hydrazine groups is 1. The van der Waals surface area contributed by atoms with Crippen molar-refractivity contribution < 1.29 is 13.5 Å². The summed E-state index contributed by atoms with van der Waals surface area (Å²) in [5.74, 6) is 1.72. The molecule has 0 amide bonds. The molecule has 2 aromatic heterocycles. The Labute approximate surface area is 210 Å². The molecule has 0 spiro atoms. The Morgan fingerprint density at radius 2 is 1.83 bits per heavy atom. The average Bonchev–Trinajstić information content (AvgIpc) is 3.16. The van der Waals surface area contributed by atoms with E-state index in [-0.39, 0.29) is 13.1 Å². The van der Waals surface area contributed by atoms with Crippen LogP contribution in [0.1, 0.15) is 22.4 Å². The van der Waals surface area contributed by atoms with Crippen LogP contribution in [0.5, 0.6) is 5.75 Å². The number of hydrogen-bond acceptors (Lipinski definition) is 5. The van der Waals surface area contributed by atoms with Crippen LogP contribution in [0.25, 0.3) is 11.0 Å². The fourth-order valence-corrected chi connectivity index (χ4v) is 4.18. The number of alkyl halides is 2. The molecule has 3 N–H and O–H groups in total. The van der Waals surface area contributed by atoms with Crippen molar-refractivity contribution in [3.05, 3.63) is 87.2 Å². The minimum Gasteiger partial charge on any atom is -0.497 e. The second-order valence-corrected chi connectivity index (χ2v) is 8.75. The lowest BCUT2D eigenvalue weighted by atomic mass is 10.1. The first kappa shape index (κ1) is 24.8. The number of fused-ring (bicyclic) bond motifs is 1. The van der Waals surface area contributed by atoms with Gasteiger partial charge >= 0.3 is 5.92 Å². The smallest absolute Gasteiger partial charge is 0.332 e. The number of hydrogen-bond donors (Lipinski definition) is 2. The van der Waals surface area contributed by atoms with Crippen LogP contribution in [0.3, 0.4) is 0 Å². The van der Waals surface area contributed by atoms with Gasteiger partial charge in [-0.1, -0.05) is 41.4 Å². The van der Waals surface area contributed by atoms with Gasteiger partial charge in [-0.05, 0) is 42.8 Å². The summed E-state index contributed by atoms with van der Waals surface area (Å²) in [7, 11) is 1.53. The molecule has 0 radical (unpaired) electrons.